The molecule has 0 aliphatic heterocycles. The molecule has 0 bridgehead atoms. The van der Waals surface area contributed by atoms with Crippen molar-refractivity contribution in [2.75, 3.05) is 27.4 Å². The molecule has 3 unspecified atom stereocenters. The third kappa shape index (κ3) is 3.52. The minimum absolute atomic E-state index is 0.0607. The highest BCUT2D eigenvalue weighted by Crippen LogP contribution is 2.51. The monoisotopic (exact) mass is 350 g/mol. The van der Waals surface area contributed by atoms with Gasteiger partial charge in [0.25, 0.3) is 0 Å². The van der Waals surface area contributed by atoms with Gasteiger partial charge in [0.05, 0.1) is 13.2 Å². The van der Waals surface area contributed by atoms with E-state index >= 15 is 0 Å². The van der Waals surface area contributed by atoms with Crippen LogP contribution in [0.4, 0.5) is 0 Å². The summed E-state index contributed by atoms with van der Waals surface area (Å²) in [5.41, 5.74) is 1.27. The van der Waals surface area contributed by atoms with Crippen LogP contribution in [0.15, 0.2) is 24.3 Å². The number of fused-ring (bicyclic) bond motifs is 1. The molecule has 2 saturated carbocycles. The van der Waals surface area contributed by atoms with E-state index < -0.39 is 0 Å². The van der Waals surface area contributed by atoms with E-state index in [1.54, 1.807) is 0 Å². The Labute approximate surface area is 151 Å². The minimum Gasteiger partial charge on any atom is -0.384 e. The summed E-state index contributed by atoms with van der Waals surface area (Å²) in [5.74, 6) is 2.35. The molecule has 0 spiro atoms. The molecule has 2 nitrogen and oxygen atoms in total. The maximum atomic E-state index is 6.15. The molecule has 0 saturated heterocycles. The van der Waals surface area contributed by atoms with E-state index in [1.165, 1.54) is 50.5 Å². The van der Waals surface area contributed by atoms with Crippen LogP contribution in [0.2, 0.25) is 5.02 Å². The van der Waals surface area contributed by atoms with Gasteiger partial charge in [0, 0.05) is 24.7 Å². The molecule has 2 fully saturated rings. The predicted molar refractivity (Wildman–Crippen MR) is 99.7 cm³/mol. The third-order valence-corrected chi connectivity index (χ3v) is 6.76. The molecule has 2 aliphatic carbocycles. The third-order valence-electron chi connectivity index (χ3n) is 6.51. The Kier molecular flexibility index (Phi) is 6.23. The van der Waals surface area contributed by atoms with E-state index in [1.807, 2.05) is 26.4 Å². The molecule has 0 radical (unpaired) electrons. The molecule has 3 atom stereocenters. The average Bonchev–Trinajstić information content (AvgIpc) is 2.61. The summed E-state index contributed by atoms with van der Waals surface area (Å²) < 4.78 is 11.5. The Bertz CT molecular complexity index is 505. The minimum atomic E-state index is -0.0607. The Morgan fingerprint density at radius 1 is 0.917 bits per heavy atom. The Hall–Kier alpha value is -0.570. The molecule has 1 aromatic carbocycles. The van der Waals surface area contributed by atoms with Crippen LogP contribution in [-0.2, 0) is 14.9 Å². The van der Waals surface area contributed by atoms with E-state index in [9.17, 15) is 0 Å². The van der Waals surface area contributed by atoms with Gasteiger partial charge in [0.15, 0.2) is 0 Å². The lowest BCUT2D eigenvalue weighted by atomic mass is 9.55. The number of benzene rings is 1. The van der Waals surface area contributed by atoms with Gasteiger partial charge >= 0.3 is 0 Å². The fourth-order valence-corrected chi connectivity index (χ4v) is 5.68. The van der Waals surface area contributed by atoms with Gasteiger partial charge in [-0.1, -0.05) is 55.8 Å². The van der Waals surface area contributed by atoms with E-state index in [4.69, 9.17) is 21.1 Å². The number of halogens is 1. The highest BCUT2D eigenvalue weighted by Gasteiger charge is 2.48. The van der Waals surface area contributed by atoms with Crippen molar-refractivity contribution in [3.8, 4) is 0 Å². The van der Waals surface area contributed by atoms with E-state index in [0.29, 0.717) is 5.92 Å². The van der Waals surface area contributed by atoms with Gasteiger partial charge in [-0.15, -0.1) is 0 Å². The Morgan fingerprint density at radius 3 is 2.21 bits per heavy atom. The van der Waals surface area contributed by atoms with Crippen LogP contribution in [0.25, 0.3) is 0 Å². The zero-order valence-corrected chi connectivity index (χ0v) is 15.9. The van der Waals surface area contributed by atoms with Crippen LogP contribution in [0.1, 0.15) is 50.5 Å². The van der Waals surface area contributed by atoms with Crippen molar-refractivity contribution in [2.24, 2.45) is 17.8 Å². The maximum absolute atomic E-state index is 6.15. The largest absolute Gasteiger partial charge is 0.384 e. The molecule has 0 amide bonds. The number of hydrogen-bond acceptors (Lipinski definition) is 2. The second-order valence-electron chi connectivity index (χ2n) is 7.77. The summed E-state index contributed by atoms with van der Waals surface area (Å²) in [6.45, 7) is 1.44. The first kappa shape index (κ1) is 18.2. The van der Waals surface area contributed by atoms with Crippen molar-refractivity contribution < 1.29 is 9.47 Å². The Morgan fingerprint density at radius 2 is 1.54 bits per heavy atom. The van der Waals surface area contributed by atoms with Gasteiger partial charge in [-0.25, -0.2) is 0 Å². The van der Waals surface area contributed by atoms with Gasteiger partial charge in [-0.3, -0.25) is 0 Å². The summed E-state index contributed by atoms with van der Waals surface area (Å²) in [6, 6.07) is 8.40. The van der Waals surface area contributed by atoms with Crippen LogP contribution in [0.5, 0.6) is 0 Å². The van der Waals surface area contributed by atoms with Gasteiger partial charge in [-0.05, 0) is 48.3 Å². The van der Waals surface area contributed by atoms with Crippen molar-refractivity contribution in [2.45, 2.75) is 50.4 Å². The predicted octanol–water partition coefficient (Wildman–Crippen LogP) is 5.48. The van der Waals surface area contributed by atoms with Gasteiger partial charge in [-0.2, -0.15) is 0 Å². The van der Waals surface area contributed by atoms with Crippen LogP contribution >= 0.6 is 11.6 Å². The standard InChI is InChI=1S/C21H31ClO2/c1-23-14-21(15-24-2,17-10-12-18(22)13-11-17)20-9-5-7-16-6-3-4-8-19(16)20/h10-13,16,19-20H,3-9,14-15H2,1-2H3. The van der Waals surface area contributed by atoms with E-state index in [2.05, 4.69) is 12.1 Å². The lowest BCUT2D eigenvalue weighted by molar-refractivity contribution is -0.0322. The molecule has 0 heterocycles. The van der Waals surface area contributed by atoms with E-state index in [-0.39, 0.29) is 5.41 Å². The second-order valence-corrected chi connectivity index (χ2v) is 8.21. The smallest absolute Gasteiger partial charge is 0.0584 e. The molecular weight excluding hydrogens is 320 g/mol. The molecular formula is C21H31ClO2. The molecule has 3 heteroatoms. The van der Waals surface area contributed by atoms with Crippen LogP contribution in [0, 0.1) is 17.8 Å². The highest BCUT2D eigenvalue weighted by molar-refractivity contribution is 6.30. The fourth-order valence-electron chi connectivity index (χ4n) is 5.56. The maximum Gasteiger partial charge on any atom is 0.0584 e. The van der Waals surface area contributed by atoms with Crippen LogP contribution in [0.3, 0.4) is 0 Å². The number of ether oxygens (including phenoxy) is 2. The van der Waals surface area contributed by atoms with Crippen molar-refractivity contribution >= 4 is 11.6 Å². The molecule has 134 valence electrons. The molecule has 24 heavy (non-hydrogen) atoms. The second kappa shape index (κ2) is 8.21. The number of hydrogen-bond donors (Lipinski definition) is 0. The topological polar surface area (TPSA) is 18.5 Å². The Balaban J connectivity index is 2.00. The normalized spacial score (nSPS) is 27.7. The summed E-state index contributed by atoms with van der Waals surface area (Å²) in [6.07, 6.45) is 9.63. The summed E-state index contributed by atoms with van der Waals surface area (Å²) in [7, 11) is 3.64. The zero-order chi connectivity index (χ0) is 17.0. The lowest BCUT2D eigenvalue weighted by Gasteiger charge is -2.50. The highest BCUT2D eigenvalue weighted by atomic mass is 35.5. The SMILES string of the molecule is COCC(COC)(c1ccc(Cl)cc1)C1CCCC2CCCCC21. The first-order valence-corrected chi connectivity index (χ1v) is 9.83. The van der Waals surface area contributed by atoms with Crippen molar-refractivity contribution in [3.05, 3.63) is 34.9 Å². The van der Waals surface area contributed by atoms with Crippen LogP contribution < -0.4 is 0 Å². The first-order valence-electron chi connectivity index (χ1n) is 9.45. The lowest BCUT2D eigenvalue weighted by Crippen LogP contribution is -2.50. The summed E-state index contributed by atoms with van der Waals surface area (Å²) in [5, 5.41) is 0.793. The first-order chi connectivity index (χ1) is 11.7. The van der Waals surface area contributed by atoms with Gasteiger partial charge < -0.3 is 9.47 Å². The molecule has 0 N–H and O–H groups in total. The fraction of sp³-hybridized carbons (Fsp3) is 0.714. The van der Waals surface area contributed by atoms with E-state index in [0.717, 1.165) is 30.1 Å². The van der Waals surface area contributed by atoms with Gasteiger partial charge in [0.2, 0.25) is 0 Å². The van der Waals surface area contributed by atoms with Crippen molar-refractivity contribution in [3.63, 3.8) is 0 Å². The zero-order valence-electron chi connectivity index (χ0n) is 15.1. The van der Waals surface area contributed by atoms with Crippen LogP contribution in [-0.4, -0.2) is 27.4 Å². The van der Waals surface area contributed by atoms with Crippen molar-refractivity contribution in [1.29, 1.82) is 0 Å². The average molecular weight is 351 g/mol. The molecule has 2 aliphatic rings. The molecule has 3 rings (SSSR count). The molecule has 0 aromatic heterocycles. The summed E-state index contributed by atoms with van der Waals surface area (Å²) in [4.78, 5) is 0. The van der Waals surface area contributed by atoms with Gasteiger partial charge in [0.1, 0.15) is 0 Å². The van der Waals surface area contributed by atoms with Crippen molar-refractivity contribution in [1.82, 2.24) is 0 Å². The quantitative estimate of drug-likeness (QED) is 0.676. The summed E-state index contributed by atoms with van der Waals surface area (Å²) >= 11 is 6.15. The molecule has 1 aromatic rings. The number of methoxy groups -OCH3 is 2. The number of rotatable bonds is 6.